The van der Waals surface area contributed by atoms with Crippen molar-refractivity contribution >= 4 is 34.0 Å². The summed E-state index contributed by atoms with van der Waals surface area (Å²) in [5.41, 5.74) is 7.11. The fourth-order valence-electron chi connectivity index (χ4n) is 6.69. The minimum atomic E-state index is -0.651. The van der Waals surface area contributed by atoms with Crippen molar-refractivity contribution in [3.05, 3.63) is 95.3 Å². The predicted molar refractivity (Wildman–Crippen MR) is 193 cm³/mol. The summed E-state index contributed by atoms with van der Waals surface area (Å²) in [5.74, 6) is 0. The molecule has 0 bridgehead atoms. The second kappa shape index (κ2) is 14.3. The number of carbonyl (C=O) groups excluding carboxylic acids is 2. The highest BCUT2D eigenvalue weighted by Gasteiger charge is 2.26. The third-order valence-corrected chi connectivity index (χ3v) is 9.22. The molecule has 0 saturated carbocycles. The SMILES string of the molecule is CCn1c2ccccc2c2cc(CN(CCOC(=O)N3CCN(Cc4c(C)nn(-c5ccccc5)c4C)CC3)C(=O)OC(C)(C)C)ccc21. The third kappa shape index (κ3) is 7.59. The Morgan fingerprint density at radius 2 is 1.57 bits per heavy atom. The summed E-state index contributed by atoms with van der Waals surface area (Å²) in [5, 5.41) is 7.13. The molecule has 5 aromatic rings. The van der Waals surface area contributed by atoms with Crippen LogP contribution < -0.4 is 0 Å². The van der Waals surface area contributed by atoms with E-state index in [1.54, 1.807) is 9.80 Å². The van der Waals surface area contributed by atoms with E-state index < -0.39 is 11.7 Å². The van der Waals surface area contributed by atoms with Crippen molar-refractivity contribution in [3.8, 4) is 5.69 Å². The highest BCUT2D eigenvalue weighted by molar-refractivity contribution is 6.08. The fourth-order valence-corrected chi connectivity index (χ4v) is 6.69. The number of hydrogen-bond donors (Lipinski definition) is 0. The quantitative estimate of drug-likeness (QED) is 0.164. The summed E-state index contributed by atoms with van der Waals surface area (Å²) in [6, 6.07) is 24.9. The largest absolute Gasteiger partial charge is 0.448 e. The molecule has 3 aromatic carbocycles. The summed E-state index contributed by atoms with van der Waals surface area (Å²) in [7, 11) is 0. The van der Waals surface area contributed by atoms with E-state index in [0.29, 0.717) is 19.6 Å². The van der Waals surface area contributed by atoms with Gasteiger partial charge in [-0.25, -0.2) is 14.3 Å². The molecule has 10 nitrogen and oxygen atoms in total. The van der Waals surface area contributed by atoms with Gasteiger partial charge in [0, 0.05) is 78.9 Å². The van der Waals surface area contributed by atoms with E-state index in [1.807, 2.05) is 43.7 Å². The van der Waals surface area contributed by atoms with Crippen LogP contribution in [0.15, 0.2) is 72.8 Å². The van der Waals surface area contributed by atoms with Crippen LogP contribution in [-0.4, -0.2) is 86.2 Å². The van der Waals surface area contributed by atoms with E-state index in [-0.39, 0.29) is 19.2 Å². The summed E-state index contributed by atoms with van der Waals surface area (Å²) < 4.78 is 15.8. The second-order valence-corrected chi connectivity index (χ2v) is 13.8. The smallest absolute Gasteiger partial charge is 0.410 e. The van der Waals surface area contributed by atoms with Crippen molar-refractivity contribution in [1.29, 1.82) is 0 Å². The van der Waals surface area contributed by atoms with E-state index in [4.69, 9.17) is 14.6 Å². The molecule has 1 aliphatic rings. The molecule has 0 atom stereocenters. The van der Waals surface area contributed by atoms with Crippen molar-refractivity contribution < 1.29 is 19.1 Å². The molecule has 0 aliphatic carbocycles. The number of ether oxygens (including phenoxy) is 2. The van der Waals surface area contributed by atoms with Crippen LogP contribution in [0, 0.1) is 13.8 Å². The number of nitrogens with zero attached hydrogens (tertiary/aromatic N) is 6. The van der Waals surface area contributed by atoms with Crippen LogP contribution in [0.25, 0.3) is 27.5 Å². The molecule has 258 valence electrons. The molecular formula is C39H48N6O4. The van der Waals surface area contributed by atoms with Gasteiger partial charge in [-0.3, -0.25) is 4.90 Å². The van der Waals surface area contributed by atoms with E-state index in [9.17, 15) is 9.59 Å². The zero-order valence-electron chi connectivity index (χ0n) is 29.6. The van der Waals surface area contributed by atoms with Gasteiger partial charge in [0.05, 0.1) is 17.9 Å². The molecule has 0 unspecified atom stereocenters. The van der Waals surface area contributed by atoms with Crippen molar-refractivity contribution in [1.82, 2.24) is 29.0 Å². The maximum atomic E-state index is 13.3. The lowest BCUT2D eigenvalue weighted by molar-refractivity contribution is 0.0165. The lowest BCUT2D eigenvalue weighted by atomic mass is 10.1. The molecule has 0 radical (unpaired) electrons. The number of benzene rings is 3. The Hall–Kier alpha value is -4.83. The average Bonchev–Trinajstić information content (AvgIpc) is 3.56. The minimum absolute atomic E-state index is 0.0761. The molecule has 6 rings (SSSR count). The van der Waals surface area contributed by atoms with E-state index >= 15 is 0 Å². The first kappa shape index (κ1) is 34.0. The van der Waals surface area contributed by atoms with E-state index in [2.05, 4.69) is 84.8 Å². The predicted octanol–water partition coefficient (Wildman–Crippen LogP) is 7.31. The highest BCUT2D eigenvalue weighted by atomic mass is 16.6. The molecule has 2 amide bonds. The Morgan fingerprint density at radius 1 is 0.878 bits per heavy atom. The standard InChI is InChI=1S/C39H48N6O4/c1-7-44-35-16-12-11-15-32(35)33-25-30(17-18-36(33)44)26-43(38(47)49-39(4,5)6)23-24-48-37(46)42-21-19-41(20-22-42)27-34-28(2)40-45(29(34)3)31-13-9-8-10-14-31/h8-18,25H,7,19-24,26-27H2,1-6H3. The van der Waals surface area contributed by atoms with E-state index in [0.717, 1.165) is 59.7 Å². The van der Waals surface area contributed by atoms with Crippen LogP contribution in [0.5, 0.6) is 0 Å². The fraction of sp³-hybridized carbons (Fsp3) is 0.410. The van der Waals surface area contributed by atoms with Crippen LogP contribution in [0.1, 0.15) is 50.2 Å². The van der Waals surface area contributed by atoms with Gasteiger partial charge in [-0.2, -0.15) is 5.10 Å². The number of hydrogen-bond acceptors (Lipinski definition) is 6. The van der Waals surface area contributed by atoms with Gasteiger partial charge in [-0.05, 0) is 77.4 Å². The Bertz CT molecular complexity index is 1930. The first-order valence-corrected chi connectivity index (χ1v) is 17.2. The van der Waals surface area contributed by atoms with Gasteiger partial charge in [0.25, 0.3) is 0 Å². The molecule has 10 heteroatoms. The van der Waals surface area contributed by atoms with Gasteiger partial charge in [0.2, 0.25) is 0 Å². The Kier molecular flexibility index (Phi) is 9.96. The first-order chi connectivity index (χ1) is 23.5. The zero-order valence-corrected chi connectivity index (χ0v) is 29.6. The van der Waals surface area contributed by atoms with Crippen LogP contribution >= 0.6 is 0 Å². The van der Waals surface area contributed by atoms with Gasteiger partial charge in [-0.15, -0.1) is 0 Å². The molecule has 2 aromatic heterocycles. The molecule has 1 aliphatic heterocycles. The topological polar surface area (TPSA) is 85.1 Å². The van der Waals surface area contributed by atoms with Gasteiger partial charge < -0.3 is 23.8 Å². The number of rotatable bonds is 9. The number of carbonyl (C=O) groups is 2. The average molecular weight is 665 g/mol. The van der Waals surface area contributed by atoms with Crippen LogP contribution in [-0.2, 0) is 29.1 Å². The maximum Gasteiger partial charge on any atom is 0.410 e. The lowest BCUT2D eigenvalue weighted by Gasteiger charge is -2.34. The summed E-state index contributed by atoms with van der Waals surface area (Å²) in [6.45, 7) is 16.8. The number of para-hydroxylation sites is 2. The number of aromatic nitrogens is 3. The van der Waals surface area contributed by atoms with Crippen molar-refractivity contribution in [2.24, 2.45) is 0 Å². The summed E-state index contributed by atoms with van der Waals surface area (Å²) in [6.07, 6.45) is -0.795. The molecule has 49 heavy (non-hydrogen) atoms. The van der Waals surface area contributed by atoms with Crippen molar-refractivity contribution in [3.63, 3.8) is 0 Å². The van der Waals surface area contributed by atoms with Gasteiger partial charge in [-0.1, -0.05) is 42.5 Å². The number of piperazine rings is 1. The maximum absolute atomic E-state index is 13.3. The van der Waals surface area contributed by atoms with Gasteiger partial charge in [0.15, 0.2) is 0 Å². The second-order valence-electron chi connectivity index (χ2n) is 13.8. The third-order valence-electron chi connectivity index (χ3n) is 9.22. The van der Waals surface area contributed by atoms with Crippen molar-refractivity contribution in [2.45, 2.75) is 66.8 Å². The Morgan fingerprint density at radius 3 is 2.29 bits per heavy atom. The van der Waals surface area contributed by atoms with Crippen LogP contribution in [0.4, 0.5) is 9.59 Å². The molecule has 1 saturated heterocycles. The monoisotopic (exact) mass is 664 g/mol. The highest BCUT2D eigenvalue weighted by Crippen LogP contribution is 2.30. The minimum Gasteiger partial charge on any atom is -0.448 e. The molecule has 3 heterocycles. The normalized spacial score (nSPS) is 14.0. The Balaban J connectivity index is 1.06. The van der Waals surface area contributed by atoms with Crippen molar-refractivity contribution in [2.75, 3.05) is 39.3 Å². The van der Waals surface area contributed by atoms with Crippen LogP contribution in [0.3, 0.4) is 0 Å². The number of fused-ring (bicyclic) bond motifs is 3. The number of amides is 2. The van der Waals surface area contributed by atoms with Crippen LogP contribution in [0.2, 0.25) is 0 Å². The van der Waals surface area contributed by atoms with Gasteiger partial charge >= 0.3 is 12.2 Å². The summed E-state index contributed by atoms with van der Waals surface area (Å²) >= 11 is 0. The zero-order chi connectivity index (χ0) is 34.7. The molecule has 0 spiro atoms. The molecule has 0 N–H and O–H groups in total. The first-order valence-electron chi connectivity index (χ1n) is 17.2. The van der Waals surface area contributed by atoms with E-state index in [1.165, 1.54) is 16.5 Å². The Labute approximate surface area is 288 Å². The van der Waals surface area contributed by atoms with Gasteiger partial charge in [0.1, 0.15) is 12.2 Å². The molecular weight excluding hydrogens is 616 g/mol. The number of aryl methyl sites for hydroxylation is 2. The summed E-state index contributed by atoms with van der Waals surface area (Å²) in [4.78, 5) is 32.2. The lowest BCUT2D eigenvalue weighted by Crippen LogP contribution is -2.49. The molecule has 1 fully saturated rings.